The quantitative estimate of drug-likeness (QED) is 0.391. The third-order valence-electron chi connectivity index (χ3n) is 2.20. The summed E-state index contributed by atoms with van der Waals surface area (Å²) in [6.45, 7) is 0. The largest absolute Gasteiger partial charge is 1.00 e. The first-order valence-corrected chi connectivity index (χ1v) is 5.98. The summed E-state index contributed by atoms with van der Waals surface area (Å²) in [5, 5.41) is 2.36. The molecule has 1 rings (SSSR count). The second kappa shape index (κ2) is 6.26. The van der Waals surface area contributed by atoms with E-state index in [1.807, 2.05) is 0 Å². The second-order valence-electron chi connectivity index (χ2n) is 3.33. The maximum atomic E-state index is 10.9. The second-order valence-corrected chi connectivity index (χ2v) is 4.82. The van der Waals surface area contributed by atoms with Gasteiger partial charge in [0.1, 0.15) is 0 Å². The van der Waals surface area contributed by atoms with Gasteiger partial charge in [0.25, 0.3) is 0 Å². The number of hydrogen-bond acceptors (Lipinski definition) is 2. The molecular formula is C7H15NNaO4P. The minimum Gasteiger partial charge on any atom is -1.00 e. The molecular weight excluding hydrogens is 216 g/mol. The molecule has 0 heterocycles. The van der Waals surface area contributed by atoms with Crippen molar-refractivity contribution in [2.45, 2.75) is 38.1 Å². The van der Waals surface area contributed by atoms with Gasteiger partial charge in [0, 0.05) is 6.04 Å². The van der Waals surface area contributed by atoms with Gasteiger partial charge in [-0.05, 0) is 12.8 Å². The molecule has 3 N–H and O–H groups in total. The van der Waals surface area contributed by atoms with Crippen molar-refractivity contribution in [2.24, 2.45) is 0 Å². The molecule has 0 radical (unpaired) electrons. The van der Waals surface area contributed by atoms with Crippen molar-refractivity contribution in [3.05, 3.63) is 0 Å². The van der Waals surface area contributed by atoms with E-state index in [0.717, 1.165) is 32.1 Å². The number of carbonyl (C=O) groups is 1. The summed E-state index contributed by atoms with van der Waals surface area (Å²) in [4.78, 5) is 27.9. The molecule has 0 saturated heterocycles. The Kier molecular flexibility index (Phi) is 6.53. The van der Waals surface area contributed by atoms with Crippen molar-refractivity contribution < 1.29 is 50.1 Å². The molecule has 0 atom stereocenters. The van der Waals surface area contributed by atoms with Gasteiger partial charge in [0.05, 0.1) is 0 Å². The zero-order valence-electron chi connectivity index (χ0n) is 9.27. The van der Waals surface area contributed by atoms with Gasteiger partial charge in [0.15, 0.2) is 0 Å². The smallest absolute Gasteiger partial charge is 1.00 e. The Labute approximate surface area is 107 Å². The van der Waals surface area contributed by atoms with E-state index in [9.17, 15) is 9.36 Å². The van der Waals surface area contributed by atoms with Crippen molar-refractivity contribution in [3.63, 3.8) is 0 Å². The van der Waals surface area contributed by atoms with Gasteiger partial charge in [-0.1, -0.05) is 19.3 Å². The Hall–Kier alpha value is 0.620. The fraction of sp³-hybridized carbons (Fsp3) is 0.857. The topological polar surface area (TPSA) is 86.6 Å². The van der Waals surface area contributed by atoms with Crippen LogP contribution in [0.4, 0.5) is 4.79 Å². The van der Waals surface area contributed by atoms with E-state index >= 15 is 0 Å². The van der Waals surface area contributed by atoms with E-state index in [4.69, 9.17) is 9.79 Å². The average Bonchev–Trinajstić information content (AvgIpc) is 2.04. The molecule has 1 aliphatic rings. The van der Waals surface area contributed by atoms with Gasteiger partial charge in [-0.2, -0.15) is 0 Å². The maximum absolute atomic E-state index is 10.9. The predicted octanol–water partition coefficient (Wildman–Crippen LogP) is -1.68. The Morgan fingerprint density at radius 1 is 1.29 bits per heavy atom. The molecule has 1 fully saturated rings. The van der Waals surface area contributed by atoms with Gasteiger partial charge >= 0.3 is 42.8 Å². The summed E-state index contributed by atoms with van der Waals surface area (Å²) < 4.78 is 10.5. The molecule has 0 spiro atoms. The number of nitrogens with one attached hydrogen (secondary N) is 1. The predicted molar refractivity (Wildman–Crippen MR) is 48.6 cm³/mol. The van der Waals surface area contributed by atoms with E-state index in [1.165, 1.54) is 0 Å². The van der Waals surface area contributed by atoms with Crippen molar-refractivity contribution in [1.29, 1.82) is 0 Å². The van der Waals surface area contributed by atoms with Gasteiger partial charge < -0.3 is 16.5 Å². The van der Waals surface area contributed by atoms with E-state index in [-0.39, 0.29) is 37.0 Å². The van der Waals surface area contributed by atoms with Crippen LogP contribution in [-0.4, -0.2) is 21.5 Å². The molecule has 0 bridgehead atoms. The van der Waals surface area contributed by atoms with Gasteiger partial charge in [-0.15, -0.1) is 0 Å². The van der Waals surface area contributed by atoms with Crippen LogP contribution in [-0.2, 0) is 4.57 Å². The summed E-state index contributed by atoms with van der Waals surface area (Å²) in [6, 6.07) is -0.0473. The van der Waals surface area contributed by atoms with E-state index < -0.39 is 13.2 Å². The number of carbonyl (C=O) groups excluding carboxylic acids is 1. The first-order valence-electron chi connectivity index (χ1n) is 4.37. The van der Waals surface area contributed by atoms with Gasteiger partial charge in [0.2, 0.25) is 0 Å². The Balaban J connectivity index is 0. The first kappa shape index (κ1) is 14.6. The Morgan fingerprint density at radius 3 is 2.21 bits per heavy atom. The average molecular weight is 231 g/mol. The van der Waals surface area contributed by atoms with Crippen LogP contribution in [0.2, 0.25) is 0 Å². The number of rotatable bonds is 2. The summed E-state index contributed by atoms with van der Waals surface area (Å²) in [7, 11) is -4.57. The minimum atomic E-state index is -4.57. The molecule has 1 amide bonds. The summed E-state index contributed by atoms with van der Waals surface area (Å²) in [6.07, 6.45) is 4.83. The molecule has 0 aliphatic heterocycles. The van der Waals surface area contributed by atoms with Crippen molar-refractivity contribution >= 4 is 13.2 Å². The van der Waals surface area contributed by atoms with Crippen LogP contribution < -0.4 is 34.9 Å². The van der Waals surface area contributed by atoms with Crippen molar-refractivity contribution in [1.82, 2.24) is 5.32 Å². The molecule has 0 aromatic carbocycles. The molecule has 14 heavy (non-hydrogen) atoms. The third kappa shape index (κ3) is 4.91. The van der Waals surface area contributed by atoms with Crippen molar-refractivity contribution in [2.75, 3.05) is 0 Å². The fourth-order valence-corrected chi connectivity index (χ4v) is 1.86. The Morgan fingerprint density at radius 2 is 1.79 bits per heavy atom. The minimum absolute atomic E-state index is 0. The van der Waals surface area contributed by atoms with Crippen LogP contribution in [0, 0.1) is 0 Å². The summed E-state index contributed by atoms with van der Waals surface area (Å²) in [5.41, 5.74) is -1.14. The maximum Gasteiger partial charge on any atom is 1.00 e. The zero-order valence-corrected chi connectivity index (χ0v) is 11.2. The number of amides is 1. The summed E-state index contributed by atoms with van der Waals surface area (Å²) in [5.74, 6) is 0. The van der Waals surface area contributed by atoms with E-state index in [0.29, 0.717) is 0 Å². The standard InChI is InChI=1S/C7H14NO4P.Na.H/c9-7(13(10,11)12)8-6-4-2-1-3-5-6;;/h6H,1-5H2,(H,8,9)(H2,10,11,12);;/q;+1;-1. The van der Waals surface area contributed by atoms with Gasteiger partial charge in [-0.25, -0.2) is 4.57 Å². The normalized spacial score (nSPS) is 18.4. The molecule has 0 aromatic heterocycles. The Bertz CT molecular complexity index is 241. The molecule has 0 unspecified atom stereocenters. The van der Waals surface area contributed by atoms with Crippen LogP contribution >= 0.6 is 7.60 Å². The molecule has 1 aliphatic carbocycles. The molecule has 5 nitrogen and oxygen atoms in total. The van der Waals surface area contributed by atoms with Crippen LogP contribution in [0.5, 0.6) is 0 Å². The van der Waals surface area contributed by atoms with Crippen molar-refractivity contribution in [3.8, 4) is 0 Å². The molecule has 1 saturated carbocycles. The fourth-order valence-electron chi connectivity index (χ4n) is 1.51. The molecule has 78 valence electrons. The summed E-state index contributed by atoms with van der Waals surface area (Å²) >= 11 is 0. The molecule has 7 heteroatoms. The molecule has 0 aromatic rings. The third-order valence-corrected chi connectivity index (χ3v) is 2.86. The zero-order chi connectivity index (χ0) is 9.90. The van der Waals surface area contributed by atoms with E-state index in [2.05, 4.69) is 5.32 Å². The van der Waals surface area contributed by atoms with Crippen LogP contribution in [0.25, 0.3) is 0 Å². The van der Waals surface area contributed by atoms with Gasteiger partial charge in [-0.3, -0.25) is 4.79 Å². The van der Waals surface area contributed by atoms with Crippen LogP contribution in [0.15, 0.2) is 0 Å². The van der Waals surface area contributed by atoms with Crippen LogP contribution in [0.1, 0.15) is 33.5 Å². The SMILES string of the molecule is O=C(NC1CCCCC1)P(=O)(O)O.[H-].[Na+]. The number of hydrogen-bond donors (Lipinski definition) is 3. The first-order chi connectivity index (χ1) is 6.00. The van der Waals surface area contributed by atoms with E-state index in [1.54, 1.807) is 0 Å². The van der Waals surface area contributed by atoms with Crippen LogP contribution in [0.3, 0.4) is 0 Å². The monoisotopic (exact) mass is 231 g/mol.